The number of aliphatic hydroxyl groups is 1. The number of hydrogen-bond acceptors (Lipinski definition) is 6. The summed E-state index contributed by atoms with van der Waals surface area (Å²) in [6.45, 7) is 4.60. The van der Waals surface area contributed by atoms with Crippen molar-refractivity contribution < 1.29 is 32.9 Å². The number of aliphatic hydroxyl groups excluding tert-OH is 1. The van der Waals surface area contributed by atoms with Crippen LogP contribution in [0, 0.1) is 0 Å². The van der Waals surface area contributed by atoms with E-state index in [0.717, 1.165) is 64.2 Å². The fraction of sp³-hybridized carbons (Fsp3) is 0.866. The molecule has 0 rings (SSSR count). The number of rotatable bonds is 75. The molecule has 536 valence electrons. The molecule has 3 unspecified atom stereocenters. The van der Waals surface area contributed by atoms with E-state index < -0.39 is 20.0 Å². The lowest BCUT2D eigenvalue weighted by atomic mass is 10.0. The van der Waals surface area contributed by atoms with Gasteiger partial charge in [0, 0.05) is 6.42 Å². The van der Waals surface area contributed by atoms with Gasteiger partial charge in [-0.15, -0.1) is 0 Å². The van der Waals surface area contributed by atoms with E-state index in [1.807, 2.05) is 27.2 Å². The van der Waals surface area contributed by atoms with Crippen LogP contribution in [-0.4, -0.2) is 68.5 Å². The molecule has 0 heterocycles. The van der Waals surface area contributed by atoms with Crippen LogP contribution in [0.4, 0.5) is 0 Å². The summed E-state index contributed by atoms with van der Waals surface area (Å²) < 4.78 is 23.5. The normalized spacial score (nSPS) is 13.8. The Bertz CT molecular complexity index is 1670. The van der Waals surface area contributed by atoms with E-state index in [9.17, 15) is 19.4 Å². The lowest BCUT2D eigenvalue weighted by molar-refractivity contribution is -0.870. The van der Waals surface area contributed by atoms with Crippen LogP contribution in [0.3, 0.4) is 0 Å². The molecule has 0 bridgehead atoms. The lowest BCUT2D eigenvalue weighted by Gasteiger charge is -2.29. The molecule has 3 atom stereocenters. The first-order valence-electron chi connectivity index (χ1n) is 40.2. The van der Waals surface area contributed by atoms with Crippen LogP contribution in [0.15, 0.2) is 60.8 Å². The van der Waals surface area contributed by atoms with E-state index in [0.29, 0.717) is 17.4 Å². The molecule has 0 aliphatic rings. The van der Waals surface area contributed by atoms with Crippen LogP contribution < -0.4 is 10.2 Å². The van der Waals surface area contributed by atoms with Crippen molar-refractivity contribution in [1.29, 1.82) is 0 Å². The number of phosphoric acid groups is 1. The zero-order chi connectivity index (χ0) is 66.2. The van der Waals surface area contributed by atoms with Crippen LogP contribution in [0.5, 0.6) is 0 Å². The fourth-order valence-electron chi connectivity index (χ4n) is 12.3. The molecule has 0 aliphatic carbocycles. The topological polar surface area (TPSA) is 108 Å². The fourth-order valence-corrected chi connectivity index (χ4v) is 13.1. The second-order valence-corrected chi connectivity index (χ2v) is 30.2. The van der Waals surface area contributed by atoms with Crippen molar-refractivity contribution in [3.05, 3.63) is 60.8 Å². The average Bonchev–Trinajstić information content (AvgIpc) is 3.42. The molecular weight excluding hydrogens is 1140 g/mol. The molecule has 0 aromatic rings. The number of allylic oxidation sites excluding steroid dienone is 9. The Labute approximate surface area is 568 Å². The van der Waals surface area contributed by atoms with Crippen molar-refractivity contribution in [2.75, 3.05) is 40.9 Å². The molecule has 0 aromatic carbocycles. The first-order valence-corrected chi connectivity index (χ1v) is 41.6. The summed E-state index contributed by atoms with van der Waals surface area (Å²) in [6, 6.07) is -0.888. The molecule has 1 amide bonds. The number of nitrogens with zero attached hydrogens (tertiary/aromatic N) is 1. The number of unbranched alkanes of at least 4 members (excludes halogenated alkanes) is 54. The molecule has 0 aromatic heterocycles. The summed E-state index contributed by atoms with van der Waals surface area (Å²) in [6.07, 6.45) is 101. The van der Waals surface area contributed by atoms with Gasteiger partial charge in [-0.3, -0.25) is 9.36 Å². The number of carbonyl (C=O) groups excluding carboxylic acids is 1. The van der Waals surface area contributed by atoms with E-state index in [4.69, 9.17) is 9.05 Å². The average molecular weight is 1300 g/mol. The number of nitrogens with one attached hydrogen (secondary N) is 1. The van der Waals surface area contributed by atoms with E-state index in [-0.39, 0.29) is 19.1 Å². The molecule has 0 radical (unpaired) electrons. The van der Waals surface area contributed by atoms with Gasteiger partial charge in [-0.05, 0) is 57.8 Å². The van der Waals surface area contributed by atoms with Crippen LogP contribution in [0.1, 0.15) is 406 Å². The molecule has 0 spiro atoms. The Balaban J connectivity index is 3.94. The van der Waals surface area contributed by atoms with E-state index >= 15 is 0 Å². The predicted molar refractivity (Wildman–Crippen MR) is 399 cm³/mol. The number of amides is 1. The van der Waals surface area contributed by atoms with Crippen LogP contribution in [0.2, 0.25) is 0 Å². The zero-order valence-electron chi connectivity index (χ0n) is 61.6. The monoisotopic (exact) mass is 1300 g/mol. The summed E-state index contributed by atoms with van der Waals surface area (Å²) >= 11 is 0. The third-order valence-electron chi connectivity index (χ3n) is 18.5. The molecule has 91 heavy (non-hydrogen) atoms. The number of phosphoric ester groups is 1. The van der Waals surface area contributed by atoms with Gasteiger partial charge in [0.1, 0.15) is 13.2 Å². The Hall–Kier alpha value is -1.80. The van der Waals surface area contributed by atoms with Gasteiger partial charge in [0.2, 0.25) is 5.91 Å². The highest BCUT2D eigenvalue weighted by atomic mass is 31.2. The minimum atomic E-state index is -4.61. The third kappa shape index (κ3) is 75.4. The van der Waals surface area contributed by atoms with Crippen molar-refractivity contribution in [3.8, 4) is 0 Å². The lowest BCUT2D eigenvalue weighted by Crippen LogP contribution is -2.45. The van der Waals surface area contributed by atoms with Gasteiger partial charge >= 0.3 is 0 Å². The summed E-state index contributed by atoms with van der Waals surface area (Å²) in [4.78, 5) is 25.7. The van der Waals surface area contributed by atoms with Gasteiger partial charge in [0.15, 0.2) is 0 Å². The van der Waals surface area contributed by atoms with Gasteiger partial charge < -0.3 is 28.8 Å². The molecule has 0 saturated carbocycles. The van der Waals surface area contributed by atoms with Gasteiger partial charge in [-0.25, -0.2) is 0 Å². The zero-order valence-corrected chi connectivity index (χ0v) is 62.5. The smallest absolute Gasteiger partial charge is 0.268 e. The quantitative estimate of drug-likeness (QED) is 0.0272. The van der Waals surface area contributed by atoms with Crippen LogP contribution in [0.25, 0.3) is 0 Å². The van der Waals surface area contributed by atoms with Gasteiger partial charge in [0.05, 0.1) is 39.9 Å². The Morgan fingerprint density at radius 3 is 0.978 bits per heavy atom. The maximum absolute atomic E-state index is 13.1. The van der Waals surface area contributed by atoms with Crippen molar-refractivity contribution in [2.24, 2.45) is 0 Å². The summed E-state index contributed by atoms with van der Waals surface area (Å²) in [5, 5.41) is 14.0. The van der Waals surface area contributed by atoms with Crippen LogP contribution >= 0.6 is 7.82 Å². The molecule has 2 N–H and O–H groups in total. The molecule has 0 aliphatic heterocycles. The highest BCUT2D eigenvalue weighted by Crippen LogP contribution is 2.38. The van der Waals surface area contributed by atoms with Crippen molar-refractivity contribution >= 4 is 13.7 Å². The van der Waals surface area contributed by atoms with Crippen molar-refractivity contribution in [3.63, 3.8) is 0 Å². The maximum Gasteiger partial charge on any atom is 0.268 e. The van der Waals surface area contributed by atoms with E-state index in [1.165, 1.54) is 321 Å². The second kappa shape index (κ2) is 72.5. The largest absolute Gasteiger partial charge is 0.756 e. The number of likely N-dealkylation sites (N-methyl/N-ethyl adjacent to an activating group) is 1. The molecule has 9 heteroatoms. The van der Waals surface area contributed by atoms with E-state index in [1.54, 1.807) is 6.08 Å². The Kier molecular flexibility index (Phi) is 71.0. The SMILES string of the molecule is CC/C=C\C/C=C\C/C=C\C/C=C\CCCCCCCCCCCCCCCCCCCCCCCCCCC(=O)NC(COP(=O)([O-])OCC[N+](C)(C)C)C(O)/C=C/CCCCCCCCCCCCCCCCCCCCCCCCCCCCCCCC. The summed E-state index contributed by atoms with van der Waals surface area (Å²) in [5.74, 6) is -0.189. The summed E-state index contributed by atoms with van der Waals surface area (Å²) in [5.41, 5.74) is 0. The number of quaternary nitrogens is 1. The maximum atomic E-state index is 13.1. The van der Waals surface area contributed by atoms with Gasteiger partial charge in [-0.2, -0.15) is 0 Å². The second-order valence-electron chi connectivity index (χ2n) is 28.7. The van der Waals surface area contributed by atoms with Gasteiger partial charge in [0.25, 0.3) is 7.82 Å². The standard InChI is InChI=1S/C82H157N2O6P/c1-6-8-10-12-14-16-18-20-22-24-26-28-30-32-34-36-38-40-41-42-43-44-46-48-50-52-54-56-58-60-62-64-66-68-70-72-74-76-82(86)83-80(79-90-91(87,88)89-78-77-84(3,4)5)81(85)75-73-71-69-67-65-63-61-59-57-55-53-51-49-47-45-39-37-35-33-31-29-27-25-23-21-19-17-15-13-11-9-7-2/h8,10,14,16,20,22,26,28,73,75,80-81,85H,6-7,9,11-13,15,17-19,21,23-25,27,29-72,74,76-79H2,1-5H3,(H-,83,86,87,88)/b10-8-,16-14-,22-20-,28-26-,75-73+. The van der Waals surface area contributed by atoms with Crippen molar-refractivity contribution in [1.82, 2.24) is 5.32 Å². The minimum Gasteiger partial charge on any atom is -0.756 e. The molecule has 0 fully saturated rings. The minimum absolute atomic E-state index is 0.000651. The molecule has 8 nitrogen and oxygen atoms in total. The van der Waals surface area contributed by atoms with Crippen LogP contribution in [-0.2, 0) is 18.4 Å². The number of carbonyl (C=O) groups is 1. The molecular formula is C82H157N2O6P. The third-order valence-corrected chi connectivity index (χ3v) is 19.4. The van der Waals surface area contributed by atoms with E-state index in [2.05, 4.69) is 67.8 Å². The predicted octanol–water partition coefficient (Wildman–Crippen LogP) is 25.7. The van der Waals surface area contributed by atoms with Gasteiger partial charge in [-0.1, -0.05) is 402 Å². The Morgan fingerprint density at radius 2 is 0.670 bits per heavy atom. The van der Waals surface area contributed by atoms with Crippen molar-refractivity contribution in [2.45, 2.75) is 418 Å². The highest BCUT2D eigenvalue weighted by Gasteiger charge is 2.23. The summed E-state index contributed by atoms with van der Waals surface area (Å²) in [7, 11) is 1.28. The first-order chi connectivity index (χ1) is 44.5. The molecule has 0 saturated heterocycles. The number of hydrogen-bond donors (Lipinski definition) is 2. The highest BCUT2D eigenvalue weighted by molar-refractivity contribution is 7.45. The first kappa shape index (κ1) is 89.2. The Morgan fingerprint density at radius 1 is 0.396 bits per heavy atom.